The lowest BCUT2D eigenvalue weighted by molar-refractivity contribution is -0.137. The van der Waals surface area contributed by atoms with Crippen molar-refractivity contribution in [3.05, 3.63) is 24.2 Å². The molecule has 0 atom stereocenters. The van der Waals surface area contributed by atoms with E-state index < -0.39 is 11.9 Å². The van der Waals surface area contributed by atoms with Gasteiger partial charge in [-0.15, -0.1) is 0 Å². The van der Waals surface area contributed by atoms with Gasteiger partial charge in [-0.25, -0.2) is 0 Å². The lowest BCUT2D eigenvalue weighted by Crippen LogP contribution is -2.29. The minimum Gasteiger partial charge on any atom is -0.481 e. The van der Waals surface area contributed by atoms with Crippen LogP contribution in [-0.4, -0.2) is 29.3 Å². The summed E-state index contributed by atoms with van der Waals surface area (Å²) in [5, 5.41) is 10.8. The molecule has 1 heterocycles. The van der Waals surface area contributed by atoms with Crippen LogP contribution in [0.5, 0.6) is 0 Å². The first-order valence-electron chi connectivity index (χ1n) is 5.15. The molecule has 1 rings (SSSR count). The molecule has 1 aromatic rings. The third-order valence-corrected chi connectivity index (χ3v) is 2.04. The molecule has 0 saturated heterocycles. The number of carboxylic acids is 1. The van der Waals surface area contributed by atoms with E-state index in [1.54, 1.807) is 6.07 Å². The summed E-state index contributed by atoms with van der Waals surface area (Å²) in [6.07, 6.45) is 1.75. The standard InChI is InChI=1S/C11H13NO5/c13-8(3-1-5-10(14)15)7-12-11(16)9-4-2-6-17-9/h2,4,6H,1,3,5,7H2,(H,12,16)(H,14,15). The van der Waals surface area contributed by atoms with Crippen LogP contribution in [0.4, 0.5) is 0 Å². The summed E-state index contributed by atoms with van der Waals surface area (Å²) in [4.78, 5) is 32.8. The Kier molecular flexibility index (Phi) is 4.93. The predicted molar refractivity (Wildman–Crippen MR) is 57.5 cm³/mol. The van der Waals surface area contributed by atoms with Gasteiger partial charge in [0.25, 0.3) is 5.91 Å². The molecule has 0 bridgehead atoms. The summed E-state index contributed by atoms with van der Waals surface area (Å²) in [6.45, 7) is -0.112. The van der Waals surface area contributed by atoms with Crippen LogP contribution in [0, 0.1) is 0 Å². The highest BCUT2D eigenvalue weighted by atomic mass is 16.4. The van der Waals surface area contributed by atoms with Crippen molar-refractivity contribution >= 4 is 17.7 Å². The van der Waals surface area contributed by atoms with E-state index >= 15 is 0 Å². The van der Waals surface area contributed by atoms with Gasteiger partial charge in [0.15, 0.2) is 11.5 Å². The van der Waals surface area contributed by atoms with Crippen molar-refractivity contribution in [1.82, 2.24) is 5.32 Å². The Hall–Kier alpha value is -2.11. The summed E-state index contributed by atoms with van der Waals surface area (Å²) >= 11 is 0. The molecule has 0 aromatic carbocycles. The summed E-state index contributed by atoms with van der Waals surface area (Å²) < 4.78 is 4.84. The molecule has 0 aliphatic carbocycles. The zero-order valence-corrected chi connectivity index (χ0v) is 9.14. The average molecular weight is 239 g/mol. The van der Waals surface area contributed by atoms with Crippen LogP contribution in [0.1, 0.15) is 29.8 Å². The van der Waals surface area contributed by atoms with Crippen LogP contribution in [0.3, 0.4) is 0 Å². The Morgan fingerprint density at radius 2 is 2.06 bits per heavy atom. The van der Waals surface area contributed by atoms with Gasteiger partial charge in [-0.3, -0.25) is 14.4 Å². The van der Waals surface area contributed by atoms with E-state index in [0.717, 1.165) is 0 Å². The van der Waals surface area contributed by atoms with E-state index in [9.17, 15) is 14.4 Å². The van der Waals surface area contributed by atoms with Crippen LogP contribution in [0.2, 0.25) is 0 Å². The zero-order valence-electron chi connectivity index (χ0n) is 9.14. The predicted octanol–water partition coefficient (Wildman–Crippen LogP) is 0.833. The van der Waals surface area contributed by atoms with Crippen molar-refractivity contribution in [2.45, 2.75) is 19.3 Å². The van der Waals surface area contributed by atoms with Crippen molar-refractivity contribution in [3.8, 4) is 0 Å². The number of furan rings is 1. The largest absolute Gasteiger partial charge is 0.481 e. The molecule has 1 amide bonds. The van der Waals surface area contributed by atoms with Crippen LogP contribution in [0.25, 0.3) is 0 Å². The number of hydrogen-bond acceptors (Lipinski definition) is 4. The molecule has 2 N–H and O–H groups in total. The normalized spacial score (nSPS) is 9.88. The van der Waals surface area contributed by atoms with Crippen molar-refractivity contribution in [3.63, 3.8) is 0 Å². The second-order valence-corrected chi connectivity index (χ2v) is 3.45. The van der Waals surface area contributed by atoms with Gasteiger partial charge in [0.1, 0.15) is 0 Å². The summed E-state index contributed by atoms with van der Waals surface area (Å²) in [5.41, 5.74) is 0. The fraction of sp³-hybridized carbons (Fsp3) is 0.364. The van der Waals surface area contributed by atoms with Crippen LogP contribution >= 0.6 is 0 Å². The third kappa shape index (κ3) is 4.96. The Morgan fingerprint density at radius 3 is 2.65 bits per heavy atom. The van der Waals surface area contributed by atoms with E-state index in [0.29, 0.717) is 0 Å². The molecule has 0 aliphatic rings. The maximum Gasteiger partial charge on any atom is 0.303 e. The first kappa shape index (κ1) is 13.0. The van der Waals surface area contributed by atoms with Gasteiger partial charge in [0.2, 0.25) is 0 Å². The molecule has 0 aliphatic heterocycles. The van der Waals surface area contributed by atoms with Crippen molar-refractivity contribution in [2.75, 3.05) is 6.54 Å². The van der Waals surface area contributed by atoms with Gasteiger partial charge in [-0.1, -0.05) is 0 Å². The molecule has 0 saturated carbocycles. The number of carbonyl (C=O) groups excluding carboxylic acids is 2. The monoisotopic (exact) mass is 239 g/mol. The van der Waals surface area contributed by atoms with E-state index in [-0.39, 0.29) is 37.4 Å². The smallest absolute Gasteiger partial charge is 0.303 e. The molecule has 6 heteroatoms. The van der Waals surface area contributed by atoms with Crippen molar-refractivity contribution in [1.29, 1.82) is 0 Å². The van der Waals surface area contributed by atoms with Crippen LogP contribution in [0.15, 0.2) is 22.8 Å². The molecular weight excluding hydrogens is 226 g/mol. The first-order valence-corrected chi connectivity index (χ1v) is 5.15. The number of rotatable bonds is 7. The first-order chi connectivity index (χ1) is 8.09. The molecule has 92 valence electrons. The number of amides is 1. The molecule has 0 unspecified atom stereocenters. The zero-order chi connectivity index (χ0) is 12.7. The second kappa shape index (κ2) is 6.47. The van der Waals surface area contributed by atoms with Gasteiger partial charge in [0.05, 0.1) is 12.8 Å². The highest BCUT2D eigenvalue weighted by molar-refractivity contribution is 5.94. The number of carbonyl (C=O) groups is 3. The Labute approximate surface area is 97.6 Å². The van der Waals surface area contributed by atoms with Gasteiger partial charge < -0.3 is 14.8 Å². The highest BCUT2D eigenvalue weighted by Gasteiger charge is 2.10. The van der Waals surface area contributed by atoms with Gasteiger partial charge >= 0.3 is 5.97 Å². The lowest BCUT2D eigenvalue weighted by Gasteiger charge is -2.01. The summed E-state index contributed by atoms with van der Waals surface area (Å²) in [5.74, 6) is -1.45. The third-order valence-electron chi connectivity index (χ3n) is 2.04. The lowest BCUT2D eigenvalue weighted by atomic mass is 10.2. The maximum absolute atomic E-state index is 11.3. The molecule has 0 fully saturated rings. The molecule has 6 nitrogen and oxygen atoms in total. The molecular formula is C11H13NO5. The number of carboxylic acid groups (broad SMARTS) is 1. The molecule has 0 radical (unpaired) electrons. The fourth-order valence-corrected chi connectivity index (χ4v) is 1.20. The number of nitrogens with one attached hydrogen (secondary N) is 1. The Morgan fingerprint density at radius 1 is 1.29 bits per heavy atom. The quantitative estimate of drug-likeness (QED) is 0.734. The Balaban J connectivity index is 2.20. The number of ketones is 1. The van der Waals surface area contributed by atoms with Gasteiger partial charge in [-0.05, 0) is 18.6 Å². The average Bonchev–Trinajstić information content (AvgIpc) is 2.78. The van der Waals surface area contributed by atoms with Crippen molar-refractivity contribution < 1.29 is 23.9 Å². The van der Waals surface area contributed by atoms with Crippen molar-refractivity contribution in [2.24, 2.45) is 0 Å². The van der Waals surface area contributed by atoms with Gasteiger partial charge in [0, 0.05) is 12.8 Å². The van der Waals surface area contributed by atoms with Crippen LogP contribution in [-0.2, 0) is 9.59 Å². The summed E-state index contributed by atoms with van der Waals surface area (Å²) in [6, 6.07) is 3.06. The highest BCUT2D eigenvalue weighted by Crippen LogP contribution is 2.00. The van der Waals surface area contributed by atoms with Gasteiger partial charge in [-0.2, -0.15) is 0 Å². The van der Waals surface area contributed by atoms with E-state index in [4.69, 9.17) is 9.52 Å². The SMILES string of the molecule is O=C(O)CCCC(=O)CNC(=O)c1ccco1. The van der Waals surface area contributed by atoms with Crippen LogP contribution < -0.4 is 5.32 Å². The minimum absolute atomic E-state index is 0.0438. The van der Waals surface area contributed by atoms with E-state index in [1.807, 2.05) is 0 Å². The topological polar surface area (TPSA) is 96.6 Å². The maximum atomic E-state index is 11.3. The number of Topliss-reactive ketones (excluding diaryl/α,β-unsaturated/α-hetero) is 1. The van der Waals surface area contributed by atoms with E-state index in [2.05, 4.69) is 5.32 Å². The molecule has 0 spiro atoms. The second-order valence-electron chi connectivity index (χ2n) is 3.45. The minimum atomic E-state index is -0.933. The molecule has 1 aromatic heterocycles. The molecule has 17 heavy (non-hydrogen) atoms. The number of hydrogen-bond donors (Lipinski definition) is 2. The number of aliphatic carboxylic acids is 1. The summed E-state index contributed by atoms with van der Waals surface area (Å²) in [7, 11) is 0. The Bertz CT molecular complexity index is 396. The van der Waals surface area contributed by atoms with E-state index in [1.165, 1.54) is 12.3 Å². The fourth-order valence-electron chi connectivity index (χ4n) is 1.20.